The number of hydrogen-bond acceptors (Lipinski definition) is 11. The quantitative estimate of drug-likeness (QED) is 0.424. The number of rotatable bonds is 1. The van der Waals surface area contributed by atoms with Crippen molar-refractivity contribution in [2.75, 3.05) is 13.2 Å². The van der Waals surface area contributed by atoms with Gasteiger partial charge in [-0.25, -0.2) is 0 Å². The predicted octanol–water partition coefficient (Wildman–Crippen LogP) is -10.4. The van der Waals surface area contributed by atoms with Crippen LogP contribution in [-0.2, 0) is 13.4 Å². The fourth-order valence-corrected chi connectivity index (χ4v) is 0. The Morgan fingerprint density at radius 3 is 0.667 bits per heavy atom. The predicted molar refractivity (Wildman–Crippen MR) is 45.0 cm³/mol. The molecular formula is C2H6Al2O11Si3. The molecule has 0 aliphatic heterocycles. The van der Waals surface area contributed by atoms with Crippen LogP contribution in [-0.4, -0.2) is 85.7 Å². The van der Waals surface area contributed by atoms with Crippen LogP contribution in [0.2, 0.25) is 0 Å². The molecule has 0 unspecified atom stereocenters. The second-order valence-electron chi connectivity index (χ2n) is 1.20. The Labute approximate surface area is 128 Å². The van der Waals surface area contributed by atoms with E-state index in [9.17, 15) is 0 Å². The van der Waals surface area contributed by atoms with E-state index in [2.05, 4.69) is 0 Å². The molecule has 0 rings (SSSR count). The Kier molecular flexibility index (Phi) is 72.1. The summed E-state index contributed by atoms with van der Waals surface area (Å²) in [6, 6.07) is 0. The first-order chi connectivity index (χ1) is 7.11. The first-order valence-electron chi connectivity index (χ1n) is 2.97. The molecule has 0 bridgehead atoms. The largest absolute Gasteiger partial charge is 3.00 e. The van der Waals surface area contributed by atoms with Crippen molar-refractivity contribution in [3.63, 3.8) is 0 Å². The van der Waals surface area contributed by atoms with Crippen molar-refractivity contribution < 1.29 is 52.4 Å². The second-order valence-corrected chi connectivity index (χ2v) is 2.70. The summed E-state index contributed by atoms with van der Waals surface area (Å²) in [7, 11) is -10.9. The van der Waals surface area contributed by atoms with Gasteiger partial charge in [0.25, 0.3) is 0 Å². The van der Waals surface area contributed by atoms with Crippen molar-refractivity contribution in [3.05, 3.63) is 0 Å². The molecule has 0 aliphatic rings. The van der Waals surface area contributed by atoms with Gasteiger partial charge in [-0.3, -0.25) is 0 Å². The summed E-state index contributed by atoms with van der Waals surface area (Å²) >= 11 is 0. The van der Waals surface area contributed by atoms with E-state index in [4.69, 9.17) is 52.4 Å². The van der Waals surface area contributed by atoms with Crippen molar-refractivity contribution >= 4 is 62.2 Å². The van der Waals surface area contributed by atoms with Crippen LogP contribution >= 0.6 is 0 Å². The van der Waals surface area contributed by atoms with E-state index in [0.29, 0.717) is 0 Å². The van der Waals surface area contributed by atoms with Gasteiger partial charge in [0.05, 0.1) is 13.2 Å². The summed E-state index contributed by atoms with van der Waals surface area (Å²) in [4.78, 5) is 51.1. The minimum absolute atomic E-state index is 0. The van der Waals surface area contributed by atoms with Crippen molar-refractivity contribution in [3.8, 4) is 0 Å². The molecule has 11 nitrogen and oxygen atoms in total. The summed E-state index contributed by atoms with van der Waals surface area (Å²) in [6.07, 6.45) is 0. The van der Waals surface area contributed by atoms with Gasteiger partial charge in [0.15, 0.2) is 0 Å². The van der Waals surface area contributed by atoms with Crippen molar-refractivity contribution in [2.45, 2.75) is 0 Å². The van der Waals surface area contributed by atoms with Gasteiger partial charge in [0.2, 0.25) is 0 Å². The number of hydrogen-bond donors (Lipinski definition) is 2. The van der Waals surface area contributed by atoms with Gasteiger partial charge in [0, 0.05) is 27.5 Å². The standard InChI is InChI=1S/C2H6O2.2Al.3O3Si/c3-1-2-4;;;3*1-4(2)3/h3-4H,1-2H2;;;;;/q;2*+3;3*-2. The fraction of sp³-hybridized carbons (Fsp3) is 1.00. The van der Waals surface area contributed by atoms with Gasteiger partial charge in [0.1, 0.15) is 0 Å². The van der Waals surface area contributed by atoms with Crippen LogP contribution in [0.25, 0.3) is 0 Å². The molecule has 0 fully saturated rings. The maximum absolute atomic E-state index is 8.52. The third-order valence-corrected chi connectivity index (χ3v) is 0.1000. The molecule has 0 aromatic carbocycles. The van der Waals surface area contributed by atoms with E-state index < -0.39 is 27.5 Å². The first kappa shape index (κ1) is 36.1. The van der Waals surface area contributed by atoms with E-state index >= 15 is 0 Å². The number of aliphatic hydroxyl groups excluding tert-OH is 2. The normalized spacial score (nSPS) is 5.67. The van der Waals surface area contributed by atoms with Gasteiger partial charge < -0.3 is 52.4 Å². The molecule has 0 atom stereocenters. The van der Waals surface area contributed by atoms with Crippen LogP contribution in [0.3, 0.4) is 0 Å². The molecule has 0 aliphatic carbocycles. The Balaban J connectivity index is -0.0000000257. The average Bonchev–Trinajstić information content (AvgIpc) is 2.00. The molecule has 0 spiro atoms. The molecule has 0 heterocycles. The molecule has 98 valence electrons. The third kappa shape index (κ3) is 4990. The second kappa shape index (κ2) is 36.0. The molecule has 0 aromatic heterocycles. The van der Waals surface area contributed by atoms with E-state index in [1.165, 1.54) is 0 Å². The monoisotopic (exact) mass is 344 g/mol. The molecule has 0 radical (unpaired) electrons. The molecule has 0 saturated carbocycles. The van der Waals surface area contributed by atoms with Crippen LogP contribution in [0.4, 0.5) is 0 Å². The Bertz CT molecular complexity index is 147. The Morgan fingerprint density at radius 2 is 0.667 bits per heavy atom. The van der Waals surface area contributed by atoms with Gasteiger partial charge in [-0.05, 0) is 0 Å². The summed E-state index contributed by atoms with van der Waals surface area (Å²) < 4.78 is 25.6. The summed E-state index contributed by atoms with van der Waals surface area (Å²) in [5.74, 6) is 0. The molecule has 2 N–H and O–H groups in total. The molecule has 0 aromatic rings. The molecule has 16 heteroatoms. The van der Waals surface area contributed by atoms with Gasteiger partial charge in [-0.15, -0.1) is 0 Å². The zero-order valence-electron chi connectivity index (χ0n) is 8.64. The van der Waals surface area contributed by atoms with Crippen LogP contribution in [0.15, 0.2) is 0 Å². The summed E-state index contributed by atoms with van der Waals surface area (Å²) in [5.41, 5.74) is 0. The smallest absolute Gasteiger partial charge is 0.672 e. The van der Waals surface area contributed by atoms with E-state index in [1.54, 1.807) is 0 Å². The van der Waals surface area contributed by atoms with E-state index in [0.717, 1.165) is 0 Å². The summed E-state index contributed by atoms with van der Waals surface area (Å²) in [6.45, 7) is -0.250. The first-order valence-corrected chi connectivity index (χ1v) is 6.64. The van der Waals surface area contributed by atoms with E-state index in [1.807, 2.05) is 0 Å². The van der Waals surface area contributed by atoms with Crippen molar-refractivity contribution in [1.82, 2.24) is 0 Å². The molecule has 0 saturated heterocycles. The molecule has 0 amide bonds. The maximum Gasteiger partial charge on any atom is 3.00 e. The average molecular weight is 344 g/mol. The van der Waals surface area contributed by atoms with Crippen LogP contribution in [0.1, 0.15) is 0 Å². The Hall–Kier alpha value is -0.164. The molecule has 18 heavy (non-hydrogen) atoms. The maximum atomic E-state index is 8.52. The molecular weight excluding hydrogens is 338 g/mol. The number of aliphatic hydroxyl groups is 2. The fourth-order valence-electron chi connectivity index (χ4n) is 0. The third-order valence-electron chi connectivity index (χ3n) is 0.1000. The van der Waals surface area contributed by atoms with Crippen molar-refractivity contribution in [1.29, 1.82) is 0 Å². The van der Waals surface area contributed by atoms with Crippen LogP contribution < -0.4 is 28.8 Å². The minimum atomic E-state index is -3.63. The zero-order chi connectivity index (χ0) is 14.1. The van der Waals surface area contributed by atoms with Gasteiger partial charge in [-0.2, -0.15) is 0 Å². The summed E-state index contributed by atoms with van der Waals surface area (Å²) in [5, 5.41) is 15.2. The minimum Gasteiger partial charge on any atom is -0.672 e. The Morgan fingerprint density at radius 1 is 0.611 bits per heavy atom. The van der Waals surface area contributed by atoms with Gasteiger partial charge in [-0.1, -0.05) is 0 Å². The van der Waals surface area contributed by atoms with E-state index in [-0.39, 0.29) is 47.9 Å². The zero-order valence-corrected chi connectivity index (χ0v) is 13.9. The SMILES string of the molecule is O=[Si]([O-])[O-].O=[Si]([O-])[O-].O=[Si]([O-])[O-].OCCO.[Al+3].[Al+3]. The topological polar surface area (TPSA) is 230 Å². The van der Waals surface area contributed by atoms with Gasteiger partial charge >= 0.3 is 34.7 Å². The van der Waals surface area contributed by atoms with Crippen LogP contribution in [0.5, 0.6) is 0 Å². The van der Waals surface area contributed by atoms with Crippen molar-refractivity contribution in [2.24, 2.45) is 0 Å². The van der Waals surface area contributed by atoms with Crippen LogP contribution in [0, 0.1) is 0 Å².